The van der Waals surface area contributed by atoms with Gasteiger partial charge < -0.3 is 10.8 Å². The molecule has 0 unspecified atom stereocenters. The van der Waals surface area contributed by atoms with Crippen LogP contribution in [0.15, 0.2) is 24.3 Å². The van der Waals surface area contributed by atoms with E-state index in [1.807, 2.05) is 39.0 Å². The molecule has 0 aliphatic rings. The smallest absolute Gasteiger partial charge is 0.265 e. The standard InChI is InChI=1S/C18H19N3O2/c1-9-5-6-14-13(7-9)8-15(17(19)23)21(14)18-11(3)10(2)16(22)12(4)20-18/h5-8,22H,1-4H3,(H2,19,23). The summed E-state index contributed by atoms with van der Waals surface area (Å²) in [5.41, 5.74) is 10.0. The summed E-state index contributed by atoms with van der Waals surface area (Å²) in [6, 6.07) is 7.73. The summed E-state index contributed by atoms with van der Waals surface area (Å²) in [6.07, 6.45) is 0. The number of carbonyl (C=O) groups excluding carboxylic acids is 1. The van der Waals surface area contributed by atoms with Crippen LogP contribution in [-0.2, 0) is 0 Å². The zero-order valence-electron chi connectivity index (χ0n) is 13.6. The molecule has 2 aromatic heterocycles. The Morgan fingerprint density at radius 3 is 2.48 bits per heavy atom. The first kappa shape index (κ1) is 15.1. The second-order valence-electron chi connectivity index (χ2n) is 5.91. The van der Waals surface area contributed by atoms with Crippen LogP contribution < -0.4 is 5.73 Å². The van der Waals surface area contributed by atoms with Crippen LogP contribution in [0.2, 0.25) is 0 Å². The van der Waals surface area contributed by atoms with E-state index in [0.29, 0.717) is 17.2 Å². The molecule has 2 heterocycles. The molecule has 0 atom stereocenters. The third kappa shape index (κ3) is 2.25. The van der Waals surface area contributed by atoms with Crippen molar-refractivity contribution < 1.29 is 9.90 Å². The fraction of sp³-hybridized carbons (Fsp3) is 0.222. The molecule has 3 aromatic rings. The largest absolute Gasteiger partial charge is 0.506 e. The molecule has 1 amide bonds. The van der Waals surface area contributed by atoms with Gasteiger partial charge in [-0.25, -0.2) is 4.98 Å². The third-order valence-electron chi connectivity index (χ3n) is 4.29. The number of nitrogens with two attached hydrogens (primary N) is 1. The van der Waals surface area contributed by atoms with Gasteiger partial charge in [-0.1, -0.05) is 11.6 Å². The van der Waals surface area contributed by atoms with E-state index in [0.717, 1.165) is 27.6 Å². The summed E-state index contributed by atoms with van der Waals surface area (Å²) >= 11 is 0. The van der Waals surface area contributed by atoms with Crippen molar-refractivity contribution in [3.05, 3.63) is 52.3 Å². The number of hydrogen-bond donors (Lipinski definition) is 2. The molecule has 0 bridgehead atoms. The lowest BCUT2D eigenvalue weighted by atomic mass is 10.1. The van der Waals surface area contributed by atoms with E-state index >= 15 is 0 Å². The Bertz CT molecular complexity index is 955. The summed E-state index contributed by atoms with van der Waals surface area (Å²) in [7, 11) is 0. The highest BCUT2D eigenvalue weighted by Gasteiger charge is 2.20. The summed E-state index contributed by atoms with van der Waals surface area (Å²) in [4.78, 5) is 16.4. The number of hydrogen-bond acceptors (Lipinski definition) is 3. The van der Waals surface area contributed by atoms with Gasteiger partial charge in [0.15, 0.2) is 0 Å². The molecule has 0 saturated heterocycles. The maximum Gasteiger partial charge on any atom is 0.265 e. The first-order chi connectivity index (χ1) is 10.8. The quantitative estimate of drug-likeness (QED) is 0.763. The fourth-order valence-corrected chi connectivity index (χ4v) is 2.87. The van der Waals surface area contributed by atoms with Gasteiger partial charge in [-0.3, -0.25) is 9.36 Å². The van der Waals surface area contributed by atoms with Gasteiger partial charge in [-0.2, -0.15) is 0 Å². The number of pyridine rings is 1. The summed E-state index contributed by atoms with van der Waals surface area (Å²) in [5, 5.41) is 11.0. The molecule has 0 radical (unpaired) electrons. The Morgan fingerprint density at radius 1 is 1.13 bits per heavy atom. The fourth-order valence-electron chi connectivity index (χ4n) is 2.87. The molecular weight excluding hydrogens is 290 g/mol. The number of primary amides is 1. The Kier molecular flexibility index (Phi) is 3.36. The molecule has 3 N–H and O–H groups in total. The van der Waals surface area contributed by atoms with Gasteiger partial charge in [0.25, 0.3) is 5.91 Å². The van der Waals surface area contributed by atoms with Crippen molar-refractivity contribution >= 4 is 16.8 Å². The summed E-state index contributed by atoms with van der Waals surface area (Å²) < 4.78 is 1.77. The van der Waals surface area contributed by atoms with Crippen molar-refractivity contribution in [3.63, 3.8) is 0 Å². The highest BCUT2D eigenvalue weighted by atomic mass is 16.3. The third-order valence-corrected chi connectivity index (χ3v) is 4.29. The van der Waals surface area contributed by atoms with Gasteiger partial charge in [0.2, 0.25) is 0 Å². The van der Waals surface area contributed by atoms with Crippen LogP contribution in [0.1, 0.15) is 32.9 Å². The van der Waals surface area contributed by atoms with Crippen molar-refractivity contribution in [3.8, 4) is 11.6 Å². The summed E-state index contributed by atoms with van der Waals surface area (Å²) in [6.45, 7) is 7.45. The van der Waals surface area contributed by atoms with Crippen molar-refractivity contribution in [1.82, 2.24) is 9.55 Å². The van der Waals surface area contributed by atoms with E-state index in [1.165, 1.54) is 0 Å². The molecule has 5 heteroatoms. The SMILES string of the molecule is Cc1ccc2c(c1)cc(C(N)=O)n2-c1nc(C)c(O)c(C)c1C. The first-order valence-electron chi connectivity index (χ1n) is 7.40. The minimum atomic E-state index is -0.511. The van der Waals surface area contributed by atoms with E-state index in [9.17, 15) is 9.90 Å². The molecular formula is C18H19N3O2. The van der Waals surface area contributed by atoms with Crippen LogP contribution in [0.4, 0.5) is 0 Å². The molecule has 0 spiro atoms. The topological polar surface area (TPSA) is 81.1 Å². The highest BCUT2D eigenvalue weighted by Crippen LogP contribution is 2.31. The Labute approximate surface area is 134 Å². The lowest BCUT2D eigenvalue weighted by Gasteiger charge is -2.15. The van der Waals surface area contributed by atoms with Crippen molar-refractivity contribution in [2.24, 2.45) is 5.73 Å². The molecule has 1 aromatic carbocycles. The number of carbonyl (C=O) groups is 1. The molecule has 0 aliphatic carbocycles. The molecule has 0 aliphatic heterocycles. The van der Waals surface area contributed by atoms with Crippen molar-refractivity contribution in [1.29, 1.82) is 0 Å². The van der Waals surface area contributed by atoms with Crippen molar-refractivity contribution in [2.75, 3.05) is 0 Å². The molecule has 5 nitrogen and oxygen atoms in total. The Balaban J connectivity index is 2.45. The normalized spacial score (nSPS) is 11.1. The molecule has 0 saturated carbocycles. The van der Waals surface area contributed by atoms with E-state index in [2.05, 4.69) is 4.98 Å². The molecule has 0 fully saturated rings. The van der Waals surface area contributed by atoms with E-state index < -0.39 is 5.91 Å². The number of aryl methyl sites for hydroxylation is 2. The number of aromatic hydroxyl groups is 1. The first-order valence-corrected chi connectivity index (χ1v) is 7.40. The number of nitrogens with zero attached hydrogens (tertiary/aromatic N) is 2. The maximum atomic E-state index is 11.9. The average Bonchev–Trinajstić information content (AvgIpc) is 2.87. The molecule has 3 rings (SSSR count). The van der Waals surface area contributed by atoms with Crippen LogP contribution in [0.3, 0.4) is 0 Å². The molecule has 118 valence electrons. The van der Waals surface area contributed by atoms with E-state index in [4.69, 9.17) is 5.73 Å². The highest BCUT2D eigenvalue weighted by molar-refractivity contribution is 5.99. The van der Waals surface area contributed by atoms with Crippen LogP contribution in [0.25, 0.3) is 16.7 Å². The Hall–Kier alpha value is -2.82. The van der Waals surface area contributed by atoms with E-state index in [1.54, 1.807) is 17.6 Å². The van der Waals surface area contributed by atoms with Gasteiger partial charge in [0, 0.05) is 5.39 Å². The monoisotopic (exact) mass is 309 g/mol. The number of fused-ring (bicyclic) bond motifs is 1. The van der Waals surface area contributed by atoms with Gasteiger partial charge in [-0.15, -0.1) is 0 Å². The lowest BCUT2D eigenvalue weighted by molar-refractivity contribution is 0.0994. The second kappa shape index (κ2) is 5.12. The number of rotatable bonds is 2. The second-order valence-corrected chi connectivity index (χ2v) is 5.91. The maximum absolute atomic E-state index is 11.9. The minimum absolute atomic E-state index is 0.180. The van der Waals surface area contributed by atoms with Crippen LogP contribution in [0, 0.1) is 27.7 Å². The Morgan fingerprint density at radius 2 is 1.83 bits per heavy atom. The minimum Gasteiger partial charge on any atom is -0.506 e. The van der Waals surface area contributed by atoms with Crippen LogP contribution >= 0.6 is 0 Å². The van der Waals surface area contributed by atoms with E-state index in [-0.39, 0.29) is 5.75 Å². The van der Waals surface area contributed by atoms with Crippen LogP contribution in [-0.4, -0.2) is 20.6 Å². The average molecular weight is 309 g/mol. The number of amides is 1. The van der Waals surface area contributed by atoms with Gasteiger partial charge in [0.1, 0.15) is 17.3 Å². The predicted octanol–water partition coefficient (Wildman–Crippen LogP) is 3.06. The summed E-state index contributed by atoms with van der Waals surface area (Å²) in [5.74, 6) is 0.285. The number of benzene rings is 1. The van der Waals surface area contributed by atoms with Gasteiger partial charge in [-0.05, 0) is 57.0 Å². The zero-order valence-corrected chi connectivity index (χ0v) is 13.6. The lowest BCUT2D eigenvalue weighted by Crippen LogP contribution is -2.17. The molecule has 23 heavy (non-hydrogen) atoms. The predicted molar refractivity (Wildman–Crippen MR) is 90.2 cm³/mol. The van der Waals surface area contributed by atoms with Gasteiger partial charge in [0.05, 0.1) is 11.2 Å². The zero-order chi connectivity index (χ0) is 16.9. The van der Waals surface area contributed by atoms with Crippen LogP contribution in [0.5, 0.6) is 5.75 Å². The van der Waals surface area contributed by atoms with Gasteiger partial charge >= 0.3 is 0 Å². The number of aromatic nitrogens is 2. The van der Waals surface area contributed by atoms with Crippen molar-refractivity contribution in [2.45, 2.75) is 27.7 Å².